The van der Waals surface area contributed by atoms with Gasteiger partial charge in [-0.2, -0.15) is 0 Å². The molecule has 0 N–H and O–H groups in total. The van der Waals surface area contributed by atoms with E-state index in [9.17, 15) is 14.4 Å². The van der Waals surface area contributed by atoms with Gasteiger partial charge in [-0.05, 0) is 96.3 Å². The number of allylic oxidation sites excluding steroid dienone is 12. The number of unbranched alkanes of at least 4 members (excludes halogenated alkanes) is 19. The molecule has 1 unspecified atom stereocenters. The fourth-order valence-electron chi connectivity index (χ4n) is 6.38. The van der Waals surface area contributed by atoms with Gasteiger partial charge in [0.15, 0.2) is 6.10 Å². The molecule has 0 aliphatic rings. The lowest BCUT2D eigenvalue weighted by Crippen LogP contribution is -2.30. The Hall–Kier alpha value is -3.15. The van der Waals surface area contributed by atoms with Crippen molar-refractivity contribution in [3.05, 3.63) is 72.9 Å². The van der Waals surface area contributed by atoms with E-state index in [4.69, 9.17) is 14.2 Å². The predicted molar refractivity (Wildman–Crippen MR) is 247 cm³/mol. The molecule has 0 bridgehead atoms. The summed E-state index contributed by atoms with van der Waals surface area (Å²) in [7, 11) is 0. The van der Waals surface area contributed by atoms with Crippen LogP contribution in [0.3, 0.4) is 0 Å². The monoisotopic (exact) mass is 809 g/mol. The fraction of sp³-hybridized carbons (Fsp3) is 0.712. The number of ether oxygens (including phenoxy) is 3. The molecule has 0 spiro atoms. The van der Waals surface area contributed by atoms with E-state index in [-0.39, 0.29) is 31.1 Å². The van der Waals surface area contributed by atoms with E-state index in [1.54, 1.807) is 0 Å². The van der Waals surface area contributed by atoms with Gasteiger partial charge in [0.05, 0.1) is 0 Å². The molecule has 6 nitrogen and oxygen atoms in total. The summed E-state index contributed by atoms with van der Waals surface area (Å²) in [6.07, 6.45) is 57.6. The SMILES string of the molecule is CC/C=C\C/C=C\C/C=C\CCCCCCCCCCCC(=O)OCC(COC(=O)CCC/C=C\CCCCCC)OC(=O)CCCCCCC/C=C\C/C=C\CC. The highest BCUT2D eigenvalue weighted by molar-refractivity contribution is 5.71. The highest BCUT2D eigenvalue weighted by Crippen LogP contribution is 2.14. The molecule has 332 valence electrons. The van der Waals surface area contributed by atoms with Crippen LogP contribution in [-0.4, -0.2) is 37.2 Å². The summed E-state index contributed by atoms with van der Waals surface area (Å²) in [6, 6.07) is 0. The first-order valence-electron chi connectivity index (χ1n) is 23.9. The molecule has 58 heavy (non-hydrogen) atoms. The molecule has 0 heterocycles. The molecule has 0 aliphatic carbocycles. The summed E-state index contributed by atoms with van der Waals surface area (Å²) < 4.78 is 16.7. The largest absolute Gasteiger partial charge is 0.462 e. The van der Waals surface area contributed by atoms with Crippen LogP contribution in [0, 0.1) is 0 Å². The van der Waals surface area contributed by atoms with Crippen molar-refractivity contribution in [2.45, 2.75) is 226 Å². The van der Waals surface area contributed by atoms with Crippen molar-refractivity contribution in [1.82, 2.24) is 0 Å². The molecule has 0 rings (SSSR count). The van der Waals surface area contributed by atoms with E-state index in [0.29, 0.717) is 25.7 Å². The van der Waals surface area contributed by atoms with Gasteiger partial charge in [-0.3, -0.25) is 14.4 Å². The number of rotatable bonds is 42. The van der Waals surface area contributed by atoms with Crippen LogP contribution in [-0.2, 0) is 28.6 Å². The first kappa shape index (κ1) is 54.9. The Morgan fingerprint density at radius 1 is 0.362 bits per heavy atom. The van der Waals surface area contributed by atoms with E-state index < -0.39 is 6.10 Å². The molecule has 0 radical (unpaired) electrons. The molecule has 0 aliphatic heterocycles. The minimum absolute atomic E-state index is 0.0931. The van der Waals surface area contributed by atoms with E-state index in [0.717, 1.165) is 103 Å². The first-order chi connectivity index (χ1) is 28.5. The third-order valence-electron chi connectivity index (χ3n) is 9.93. The zero-order chi connectivity index (χ0) is 42.3. The second-order valence-corrected chi connectivity index (χ2v) is 15.6. The minimum atomic E-state index is -0.793. The first-order valence-corrected chi connectivity index (χ1v) is 23.9. The molecule has 0 saturated carbocycles. The van der Waals surface area contributed by atoms with Crippen molar-refractivity contribution in [1.29, 1.82) is 0 Å². The summed E-state index contributed by atoms with van der Waals surface area (Å²) in [5, 5.41) is 0. The van der Waals surface area contributed by atoms with Gasteiger partial charge in [0.1, 0.15) is 13.2 Å². The second-order valence-electron chi connectivity index (χ2n) is 15.6. The lowest BCUT2D eigenvalue weighted by Gasteiger charge is -2.18. The van der Waals surface area contributed by atoms with Gasteiger partial charge in [-0.25, -0.2) is 0 Å². The molecule has 0 aromatic carbocycles. The molecule has 6 heteroatoms. The van der Waals surface area contributed by atoms with Crippen LogP contribution in [0.1, 0.15) is 220 Å². The second kappa shape index (κ2) is 46.5. The lowest BCUT2D eigenvalue weighted by molar-refractivity contribution is -0.167. The van der Waals surface area contributed by atoms with Crippen LogP contribution in [0.4, 0.5) is 0 Å². The molecule has 0 saturated heterocycles. The Labute approximate surface area is 357 Å². The van der Waals surface area contributed by atoms with Gasteiger partial charge in [-0.1, -0.05) is 177 Å². The molecular weight excluding hydrogens is 721 g/mol. The van der Waals surface area contributed by atoms with Gasteiger partial charge < -0.3 is 14.2 Å². The van der Waals surface area contributed by atoms with Crippen molar-refractivity contribution in [3.8, 4) is 0 Å². The van der Waals surface area contributed by atoms with Crippen LogP contribution in [0.5, 0.6) is 0 Å². The fourth-order valence-corrected chi connectivity index (χ4v) is 6.38. The summed E-state index contributed by atoms with van der Waals surface area (Å²) >= 11 is 0. The molecule has 0 amide bonds. The Morgan fingerprint density at radius 2 is 0.690 bits per heavy atom. The van der Waals surface area contributed by atoms with Crippen LogP contribution in [0.15, 0.2) is 72.9 Å². The van der Waals surface area contributed by atoms with Crippen LogP contribution < -0.4 is 0 Å². The maximum absolute atomic E-state index is 12.7. The highest BCUT2D eigenvalue weighted by Gasteiger charge is 2.19. The molecule has 0 aromatic heterocycles. The van der Waals surface area contributed by atoms with Crippen LogP contribution in [0.2, 0.25) is 0 Å². The summed E-state index contributed by atoms with van der Waals surface area (Å²) in [4.78, 5) is 37.7. The average molecular weight is 809 g/mol. The van der Waals surface area contributed by atoms with Crippen LogP contribution in [0.25, 0.3) is 0 Å². The summed E-state index contributed by atoms with van der Waals surface area (Å²) in [5.41, 5.74) is 0. The quantitative estimate of drug-likeness (QED) is 0.0264. The average Bonchev–Trinajstić information content (AvgIpc) is 3.22. The van der Waals surface area contributed by atoms with Crippen LogP contribution >= 0.6 is 0 Å². The number of carbonyl (C=O) groups is 3. The molecule has 0 aromatic rings. The standard InChI is InChI=1S/C52H88O6/c1-4-7-10-13-16-19-21-23-24-25-26-27-28-29-31-33-36-39-42-45-51(54)57-48-49(47-56-50(53)44-41-38-35-32-18-15-12-9-6-3)58-52(55)46-43-40-37-34-30-22-20-17-14-11-8-5-2/h7-8,10-11,16-17,19-20,23-24,32,35,49H,4-6,9,12-15,18,21-22,25-31,33-34,36-48H2,1-3H3/b10-7-,11-8-,19-16-,20-17-,24-23-,35-32-. The number of carbonyl (C=O) groups excluding carboxylic acids is 3. The summed E-state index contributed by atoms with van der Waals surface area (Å²) in [5.74, 6) is -0.954. The van der Waals surface area contributed by atoms with Crippen molar-refractivity contribution >= 4 is 17.9 Å². The Morgan fingerprint density at radius 3 is 1.14 bits per heavy atom. The smallest absolute Gasteiger partial charge is 0.306 e. The minimum Gasteiger partial charge on any atom is -0.462 e. The topological polar surface area (TPSA) is 78.9 Å². The van der Waals surface area contributed by atoms with Gasteiger partial charge in [0.2, 0.25) is 0 Å². The van der Waals surface area contributed by atoms with Crippen molar-refractivity contribution in [2.24, 2.45) is 0 Å². The zero-order valence-corrected chi connectivity index (χ0v) is 37.8. The number of hydrogen-bond donors (Lipinski definition) is 0. The third-order valence-corrected chi connectivity index (χ3v) is 9.93. The van der Waals surface area contributed by atoms with E-state index >= 15 is 0 Å². The predicted octanol–water partition coefficient (Wildman–Crippen LogP) is 15.5. The Bertz CT molecular complexity index is 1110. The maximum Gasteiger partial charge on any atom is 0.306 e. The van der Waals surface area contributed by atoms with E-state index in [2.05, 4.69) is 93.7 Å². The van der Waals surface area contributed by atoms with Gasteiger partial charge in [0, 0.05) is 19.3 Å². The van der Waals surface area contributed by atoms with Crippen molar-refractivity contribution < 1.29 is 28.6 Å². The molecular formula is C52H88O6. The summed E-state index contributed by atoms with van der Waals surface area (Å²) in [6.45, 7) is 6.33. The van der Waals surface area contributed by atoms with Gasteiger partial charge in [-0.15, -0.1) is 0 Å². The van der Waals surface area contributed by atoms with Crippen molar-refractivity contribution in [3.63, 3.8) is 0 Å². The maximum atomic E-state index is 12.7. The van der Waals surface area contributed by atoms with Gasteiger partial charge in [0.25, 0.3) is 0 Å². The van der Waals surface area contributed by atoms with E-state index in [1.807, 2.05) is 0 Å². The molecule has 1 atom stereocenters. The van der Waals surface area contributed by atoms with E-state index in [1.165, 1.54) is 70.6 Å². The highest BCUT2D eigenvalue weighted by atomic mass is 16.6. The van der Waals surface area contributed by atoms with Crippen molar-refractivity contribution in [2.75, 3.05) is 13.2 Å². The van der Waals surface area contributed by atoms with Gasteiger partial charge >= 0.3 is 17.9 Å². The Balaban J connectivity index is 4.33. The Kier molecular flexibility index (Phi) is 44.0. The zero-order valence-electron chi connectivity index (χ0n) is 37.8. The third kappa shape index (κ3) is 44.0. The number of hydrogen-bond acceptors (Lipinski definition) is 6. The number of esters is 3. The normalized spacial score (nSPS) is 12.7. The molecule has 0 fully saturated rings. The lowest BCUT2D eigenvalue weighted by atomic mass is 10.1.